The Hall–Kier alpha value is -2.10. The molecule has 0 radical (unpaired) electrons. The number of nitrogens with one attached hydrogen (secondary N) is 2. The normalized spacial score (nSPS) is 12.1. The van der Waals surface area contributed by atoms with E-state index in [0.717, 1.165) is 11.3 Å². The fourth-order valence-corrected chi connectivity index (χ4v) is 2.21. The Labute approximate surface area is 99.1 Å². The van der Waals surface area contributed by atoms with Gasteiger partial charge in [-0.25, -0.2) is 11.7 Å². The molecule has 17 heavy (non-hydrogen) atoms. The molecule has 2 rings (SSSR count). The van der Waals surface area contributed by atoms with Crippen molar-refractivity contribution >= 4 is 23.2 Å². The standard InChI is InChI=1S/C8H8N4O4S/c9-11-7(13)5-3-4(16-2-1-15-3)6(17-5)8(14)12-10/h1-2H,9-10H2,(H,11,13)(H,12,14). The van der Waals surface area contributed by atoms with Gasteiger partial charge in [-0.3, -0.25) is 20.4 Å². The van der Waals surface area contributed by atoms with E-state index in [2.05, 4.69) is 0 Å². The van der Waals surface area contributed by atoms with Crippen LogP contribution in [0.4, 0.5) is 0 Å². The monoisotopic (exact) mass is 256 g/mol. The van der Waals surface area contributed by atoms with Crippen LogP contribution in [0.25, 0.3) is 0 Å². The molecule has 0 fully saturated rings. The van der Waals surface area contributed by atoms with Crippen molar-refractivity contribution in [2.45, 2.75) is 0 Å². The van der Waals surface area contributed by atoms with Crippen molar-refractivity contribution in [2.75, 3.05) is 0 Å². The Morgan fingerprint density at radius 3 is 1.76 bits per heavy atom. The van der Waals surface area contributed by atoms with E-state index >= 15 is 0 Å². The molecule has 6 N–H and O–H groups in total. The lowest BCUT2D eigenvalue weighted by molar-refractivity contribution is 0.0946. The van der Waals surface area contributed by atoms with Gasteiger partial charge in [0, 0.05) is 0 Å². The second kappa shape index (κ2) is 4.41. The van der Waals surface area contributed by atoms with E-state index in [-0.39, 0.29) is 21.3 Å². The molecule has 0 bridgehead atoms. The number of hydrogen-bond donors (Lipinski definition) is 4. The summed E-state index contributed by atoms with van der Waals surface area (Å²) in [6, 6.07) is 0. The minimum atomic E-state index is -0.582. The van der Waals surface area contributed by atoms with Crippen LogP contribution < -0.4 is 32.0 Å². The summed E-state index contributed by atoms with van der Waals surface area (Å²) < 4.78 is 10.2. The Morgan fingerprint density at radius 2 is 1.41 bits per heavy atom. The van der Waals surface area contributed by atoms with Crippen LogP contribution in [-0.4, -0.2) is 11.8 Å². The van der Waals surface area contributed by atoms with E-state index in [9.17, 15) is 9.59 Å². The van der Waals surface area contributed by atoms with Crippen molar-refractivity contribution < 1.29 is 19.1 Å². The van der Waals surface area contributed by atoms with Crippen molar-refractivity contribution in [1.29, 1.82) is 0 Å². The molecule has 1 aliphatic rings. The summed E-state index contributed by atoms with van der Waals surface area (Å²) in [5.41, 5.74) is 3.90. The Kier molecular flexibility index (Phi) is 2.95. The van der Waals surface area contributed by atoms with Crippen molar-refractivity contribution in [2.24, 2.45) is 11.7 Å². The lowest BCUT2D eigenvalue weighted by Crippen LogP contribution is -2.30. The third-order valence-electron chi connectivity index (χ3n) is 1.92. The maximum absolute atomic E-state index is 11.5. The molecule has 90 valence electrons. The fourth-order valence-electron chi connectivity index (χ4n) is 1.24. The van der Waals surface area contributed by atoms with Crippen molar-refractivity contribution in [3.8, 4) is 11.5 Å². The highest BCUT2D eigenvalue weighted by molar-refractivity contribution is 7.16. The number of nitrogens with two attached hydrogens (primary N) is 2. The third kappa shape index (κ3) is 1.82. The van der Waals surface area contributed by atoms with Gasteiger partial charge in [0.05, 0.1) is 0 Å². The van der Waals surface area contributed by atoms with E-state index in [1.54, 1.807) is 0 Å². The van der Waals surface area contributed by atoms with Gasteiger partial charge in [-0.2, -0.15) is 0 Å². The topological polar surface area (TPSA) is 129 Å². The zero-order valence-electron chi connectivity index (χ0n) is 8.35. The van der Waals surface area contributed by atoms with Gasteiger partial charge in [0.2, 0.25) is 0 Å². The number of carbonyl (C=O) groups is 2. The Bertz CT molecular complexity index is 467. The first-order chi connectivity index (χ1) is 8.19. The molecule has 8 nitrogen and oxygen atoms in total. The molecule has 0 spiro atoms. The van der Waals surface area contributed by atoms with Crippen molar-refractivity contribution in [1.82, 2.24) is 10.9 Å². The minimum Gasteiger partial charge on any atom is -0.456 e. The molecule has 1 aromatic rings. The molecular weight excluding hydrogens is 248 g/mol. The molecule has 0 aliphatic carbocycles. The van der Waals surface area contributed by atoms with Crippen LogP contribution in [-0.2, 0) is 0 Å². The summed E-state index contributed by atoms with van der Waals surface area (Å²) in [6.45, 7) is 0. The van der Waals surface area contributed by atoms with Gasteiger partial charge in [0.1, 0.15) is 22.3 Å². The number of hydrazine groups is 2. The largest absolute Gasteiger partial charge is 0.456 e. The van der Waals surface area contributed by atoms with E-state index in [4.69, 9.17) is 21.2 Å². The first-order valence-corrected chi connectivity index (χ1v) is 5.17. The van der Waals surface area contributed by atoms with Crippen LogP contribution in [0.2, 0.25) is 0 Å². The minimum absolute atomic E-state index is 0.130. The van der Waals surface area contributed by atoms with Gasteiger partial charge >= 0.3 is 0 Å². The molecule has 0 saturated heterocycles. The molecule has 1 aromatic heterocycles. The zero-order chi connectivity index (χ0) is 12.4. The SMILES string of the molecule is NNC(=O)c1sc(C(=O)NN)c2c1OC=CO2. The van der Waals surface area contributed by atoms with Crippen LogP contribution in [0, 0.1) is 0 Å². The van der Waals surface area contributed by atoms with Gasteiger partial charge in [-0.1, -0.05) is 0 Å². The van der Waals surface area contributed by atoms with Gasteiger partial charge < -0.3 is 9.47 Å². The number of ether oxygens (including phenoxy) is 2. The Morgan fingerprint density at radius 1 is 1.00 bits per heavy atom. The summed E-state index contributed by atoms with van der Waals surface area (Å²) >= 11 is 0.867. The quantitative estimate of drug-likeness (QED) is 0.311. The number of hydrogen-bond acceptors (Lipinski definition) is 7. The van der Waals surface area contributed by atoms with Crippen LogP contribution in [0.3, 0.4) is 0 Å². The number of rotatable bonds is 2. The molecule has 0 saturated carbocycles. The number of nitrogen functional groups attached to an aromatic ring is 2. The first-order valence-electron chi connectivity index (χ1n) is 4.36. The number of amides is 2. The van der Waals surface area contributed by atoms with Crippen LogP contribution in [0.5, 0.6) is 11.5 Å². The van der Waals surface area contributed by atoms with Gasteiger partial charge in [0.15, 0.2) is 11.5 Å². The van der Waals surface area contributed by atoms with Crippen molar-refractivity contribution in [3.63, 3.8) is 0 Å². The predicted octanol–water partition coefficient (Wildman–Crippen LogP) is -0.803. The summed E-state index contributed by atoms with van der Waals surface area (Å²) in [5.74, 6) is 9.16. The zero-order valence-corrected chi connectivity index (χ0v) is 9.17. The molecule has 9 heteroatoms. The van der Waals surface area contributed by atoms with Gasteiger partial charge in [-0.05, 0) is 0 Å². The lowest BCUT2D eigenvalue weighted by atomic mass is 10.3. The first kappa shape index (κ1) is 11.4. The second-order valence-corrected chi connectivity index (χ2v) is 3.89. The smallest absolute Gasteiger partial charge is 0.279 e. The highest BCUT2D eigenvalue weighted by Crippen LogP contribution is 2.43. The number of fused-ring (bicyclic) bond motifs is 1. The second-order valence-electron chi connectivity index (χ2n) is 2.87. The molecule has 0 aromatic carbocycles. The van der Waals surface area contributed by atoms with Gasteiger partial charge in [0.25, 0.3) is 11.8 Å². The summed E-state index contributed by atoms with van der Waals surface area (Å²) in [6.07, 6.45) is 2.49. The molecule has 2 heterocycles. The average molecular weight is 256 g/mol. The maximum atomic E-state index is 11.5. The third-order valence-corrected chi connectivity index (χ3v) is 3.07. The van der Waals surface area contributed by atoms with E-state index in [1.807, 2.05) is 10.9 Å². The molecular formula is C8H8N4O4S. The highest BCUT2D eigenvalue weighted by atomic mass is 32.1. The maximum Gasteiger partial charge on any atom is 0.279 e. The van der Waals surface area contributed by atoms with Crippen LogP contribution >= 0.6 is 11.3 Å². The van der Waals surface area contributed by atoms with Gasteiger partial charge in [-0.15, -0.1) is 11.3 Å². The lowest BCUT2D eigenvalue weighted by Gasteiger charge is -2.09. The van der Waals surface area contributed by atoms with Crippen molar-refractivity contribution in [3.05, 3.63) is 22.3 Å². The summed E-state index contributed by atoms with van der Waals surface area (Å²) in [5, 5.41) is 0. The fraction of sp³-hybridized carbons (Fsp3) is 0. The molecule has 0 atom stereocenters. The number of thiophene rings is 1. The summed E-state index contributed by atoms with van der Waals surface area (Å²) in [7, 11) is 0. The average Bonchev–Trinajstić information content (AvgIpc) is 2.76. The Balaban J connectivity index is 2.53. The summed E-state index contributed by atoms with van der Waals surface area (Å²) in [4.78, 5) is 23.2. The van der Waals surface area contributed by atoms with Crippen LogP contribution in [0.1, 0.15) is 19.3 Å². The van der Waals surface area contributed by atoms with E-state index in [0.29, 0.717) is 0 Å². The van der Waals surface area contributed by atoms with E-state index in [1.165, 1.54) is 12.5 Å². The van der Waals surface area contributed by atoms with Crippen LogP contribution in [0.15, 0.2) is 12.5 Å². The molecule has 2 amide bonds. The number of carbonyl (C=O) groups excluding carboxylic acids is 2. The molecule has 1 aliphatic heterocycles. The highest BCUT2D eigenvalue weighted by Gasteiger charge is 2.29. The van der Waals surface area contributed by atoms with E-state index < -0.39 is 11.8 Å². The predicted molar refractivity (Wildman–Crippen MR) is 58.0 cm³/mol. The molecule has 0 unspecified atom stereocenters.